The predicted octanol–water partition coefficient (Wildman–Crippen LogP) is 2.78. The number of benzene rings is 2. The molecule has 0 aliphatic carbocycles. The zero-order chi connectivity index (χ0) is 14.5. The van der Waals surface area contributed by atoms with Crippen LogP contribution in [0.1, 0.15) is 26.3 Å². The lowest BCUT2D eigenvalue weighted by Crippen LogP contribution is -2.13. The Kier molecular flexibility index (Phi) is 4.38. The Labute approximate surface area is 121 Å². The van der Waals surface area contributed by atoms with Crippen LogP contribution in [0, 0.1) is 0 Å². The first-order valence-electron chi connectivity index (χ1n) is 5.96. The molecule has 20 heavy (non-hydrogen) atoms. The average Bonchev–Trinajstić information content (AvgIpc) is 2.48. The van der Waals surface area contributed by atoms with E-state index in [1.165, 1.54) is 0 Å². The molecule has 0 aliphatic rings. The van der Waals surface area contributed by atoms with Gasteiger partial charge in [-0.2, -0.15) is 0 Å². The molecule has 0 aromatic heterocycles. The van der Waals surface area contributed by atoms with Gasteiger partial charge in [-0.3, -0.25) is 9.59 Å². The van der Waals surface area contributed by atoms with Crippen molar-refractivity contribution in [1.82, 2.24) is 0 Å². The third kappa shape index (κ3) is 3.36. The maximum atomic E-state index is 12.0. The third-order valence-corrected chi connectivity index (χ3v) is 3.11. The summed E-state index contributed by atoms with van der Waals surface area (Å²) in [6.07, 6.45) is 0. The van der Waals surface area contributed by atoms with Crippen molar-refractivity contribution in [3.8, 4) is 0 Å². The van der Waals surface area contributed by atoms with E-state index in [1.807, 2.05) is 0 Å². The Hall–Kier alpha value is -2.33. The average molecular weight is 289 g/mol. The number of hydrogen-bond acceptors (Lipinski definition) is 2. The van der Waals surface area contributed by atoms with Crippen molar-refractivity contribution in [3.05, 3.63) is 65.2 Å². The van der Waals surface area contributed by atoms with Crippen molar-refractivity contribution in [3.63, 3.8) is 0 Å². The minimum absolute atomic E-state index is 0.224. The molecule has 0 saturated carbocycles. The summed E-state index contributed by atoms with van der Waals surface area (Å²) >= 11 is 5.69. The van der Waals surface area contributed by atoms with Crippen LogP contribution >= 0.6 is 11.6 Å². The first-order valence-corrected chi connectivity index (χ1v) is 6.49. The predicted molar refractivity (Wildman–Crippen MR) is 78.9 cm³/mol. The smallest absolute Gasteiger partial charge is 0.255 e. The summed E-state index contributed by atoms with van der Waals surface area (Å²) in [5.41, 5.74) is 7.64. The second kappa shape index (κ2) is 6.21. The second-order valence-corrected chi connectivity index (χ2v) is 4.49. The van der Waals surface area contributed by atoms with E-state index in [2.05, 4.69) is 5.32 Å². The summed E-state index contributed by atoms with van der Waals surface area (Å²) < 4.78 is 0. The van der Waals surface area contributed by atoms with Gasteiger partial charge in [0.2, 0.25) is 5.91 Å². The molecule has 4 nitrogen and oxygen atoms in total. The van der Waals surface area contributed by atoms with Crippen LogP contribution in [0.15, 0.2) is 48.5 Å². The summed E-state index contributed by atoms with van der Waals surface area (Å²) in [6, 6.07) is 13.4. The highest BCUT2D eigenvalue weighted by atomic mass is 35.5. The van der Waals surface area contributed by atoms with Gasteiger partial charge in [0.15, 0.2) is 0 Å². The van der Waals surface area contributed by atoms with Gasteiger partial charge < -0.3 is 11.1 Å². The molecule has 0 saturated heterocycles. The summed E-state index contributed by atoms with van der Waals surface area (Å²) in [7, 11) is 0. The van der Waals surface area contributed by atoms with Gasteiger partial charge in [-0.25, -0.2) is 0 Å². The van der Waals surface area contributed by atoms with Crippen molar-refractivity contribution in [2.75, 3.05) is 5.32 Å². The van der Waals surface area contributed by atoms with E-state index in [1.54, 1.807) is 48.5 Å². The van der Waals surface area contributed by atoms with Gasteiger partial charge in [-0.05, 0) is 42.0 Å². The maximum absolute atomic E-state index is 12.0. The first kappa shape index (κ1) is 14.1. The van der Waals surface area contributed by atoms with Crippen LogP contribution < -0.4 is 11.1 Å². The number of halogens is 1. The van der Waals surface area contributed by atoms with Gasteiger partial charge in [-0.1, -0.05) is 12.1 Å². The molecule has 3 N–H and O–H groups in total. The van der Waals surface area contributed by atoms with E-state index in [0.717, 1.165) is 5.56 Å². The van der Waals surface area contributed by atoms with Crippen LogP contribution in [0.3, 0.4) is 0 Å². The van der Waals surface area contributed by atoms with Gasteiger partial charge in [0.05, 0.1) is 0 Å². The van der Waals surface area contributed by atoms with E-state index in [-0.39, 0.29) is 5.91 Å². The number of carbonyl (C=O) groups is 2. The molecule has 0 fully saturated rings. The highest BCUT2D eigenvalue weighted by molar-refractivity contribution is 6.17. The number of carbonyl (C=O) groups excluding carboxylic acids is 2. The normalized spacial score (nSPS) is 10.1. The van der Waals surface area contributed by atoms with Crippen LogP contribution in [-0.2, 0) is 5.88 Å². The van der Waals surface area contributed by atoms with Crippen molar-refractivity contribution in [2.45, 2.75) is 5.88 Å². The standard InChI is InChI=1S/C15H13ClN2O2/c16-9-10-1-3-12(4-2-10)15(20)18-13-7-5-11(6-8-13)14(17)19/h1-8H,9H2,(H2,17,19)(H,18,20). The van der Waals surface area contributed by atoms with E-state index in [0.29, 0.717) is 22.7 Å². The largest absolute Gasteiger partial charge is 0.366 e. The van der Waals surface area contributed by atoms with Gasteiger partial charge in [0.1, 0.15) is 0 Å². The maximum Gasteiger partial charge on any atom is 0.255 e. The fourth-order valence-electron chi connectivity index (χ4n) is 1.67. The molecule has 0 radical (unpaired) electrons. The summed E-state index contributed by atoms with van der Waals surface area (Å²) in [6.45, 7) is 0. The molecule has 5 heteroatoms. The molecule has 0 aliphatic heterocycles. The van der Waals surface area contributed by atoms with Gasteiger partial charge in [-0.15, -0.1) is 11.6 Å². The summed E-state index contributed by atoms with van der Waals surface area (Å²) in [5, 5.41) is 2.74. The monoisotopic (exact) mass is 288 g/mol. The Morgan fingerprint density at radius 3 is 2.00 bits per heavy atom. The number of primary amides is 1. The quantitative estimate of drug-likeness (QED) is 0.849. The lowest BCUT2D eigenvalue weighted by Gasteiger charge is -2.06. The third-order valence-electron chi connectivity index (χ3n) is 2.80. The SMILES string of the molecule is NC(=O)c1ccc(NC(=O)c2ccc(CCl)cc2)cc1. The Balaban J connectivity index is 2.08. The lowest BCUT2D eigenvalue weighted by atomic mass is 10.1. The highest BCUT2D eigenvalue weighted by Gasteiger charge is 2.06. The molecule has 0 unspecified atom stereocenters. The van der Waals surface area contributed by atoms with Crippen LogP contribution in [-0.4, -0.2) is 11.8 Å². The molecule has 2 aromatic carbocycles. The lowest BCUT2D eigenvalue weighted by molar-refractivity contribution is 0.0998. The Morgan fingerprint density at radius 1 is 0.950 bits per heavy atom. The van der Waals surface area contributed by atoms with Gasteiger partial charge in [0, 0.05) is 22.7 Å². The zero-order valence-electron chi connectivity index (χ0n) is 10.6. The zero-order valence-corrected chi connectivity index (χ0v) is 11.4. The fraction of sp³-hybridized carbons (Fsp3) is 0.0667. The number of alkyl halides is 1. The van der Waals surface area contributed by atoms with Crippen molar-refractivity contribution in [2.24, 2.45) is 5.73 Å². The molecular formula is C15H13ClN2O2. The van der Waals surface area contributed by atoms with Crippen molar-refractivity contribution >= 4 is 29.1 Å². The first-order chi connectivity index (χ1) is 9.60. The van der Waals surface area contributed by atoms with Crippen molar-refractivity contribution < 1.29 is 9.59 Å². The second-order valence-electron chi connectivity index (χ2n) is 4.23. The van der Waals surface area contributed by atoms with Gasteiger partial charge >= 0.3 is 0 Å². The van der Waals surface area contributed by atoms with Crippen LogP contribution in [0.25, 0.3) is 0 Å². The highest BCUT2D eigenvalue weighted by Crippen LogP contribution is 2.12. The number of amides is 2. The summed E-state index contributed by atoms with van der Waals surface area (Å²) in [5.74, 6) is -0.311. The van der Waals surface area contributed by atoms with Crippen molar-refractivity contribution in [1.29, 1.82) is 0 Å². The Bertz CT molecular complexity index is 621. The molecule has 0 spiro atoms. The number of anilines is 1. The minimum Gasteiger partial charge on any atom is -0.366 e. The van der Waals surface area contributed by atoms with Crippen LogP contribution in [0.5, 0.6) is 0 Å². The minimum atomic E-state index is -0.500. The number of hydrogen-bond donors (Lipinski definition) is 2. The van der Waals surface area contributed by atoms with E-state index in [4.69, 9.17) is 17.3 Å². The van der Waals surface area contributed by atoms with Crippen LogP contribution in [0.4, 0.5) is 5.69 Å². The Morgan fingerprint density at radius 2 is 1.50 bits per heavy atom. The molecule has 0 atom stereocenters. The molecule has 0 heterocycles. The molecule has 2 amide bonds. The molecule has 2 rings (SSSR count). The topological polar surface area (TPSA) is 72.2 Å². The molecule has 2 aromatic rings. The fourth-order valence-corrected chi connectivity index (χ4v) is 1.84. The number of nitrogens with two attached hydrogens (primary N) is 1. The molecule has 0 bridgehead atoms. The van der Waals surface area contributed by atoms with E-state index < -0.39 is 5.91 Å². The number of nitrogens with one attached hydrogen (secondary N) is 1. The van der Waals surface area contributed by atoms with E-state index in [9.17, 15) is 9.59 Å². The molecule has 102 valence electrons. The number of rotatable bonds is 4. The molecular weight excluding hydrogens is 276 g/mol. The van der Waals surface area contributed by atoms with Crippen LogP contribution in [0.2, 0.25) is 0 Å². The summed E-state index contributed by atoms with van der Waals surface area (Å²) in [4.78, 5) is 22.9. The van der Waals surface area contributed by atoms with E-state index >= 15 is 0 Å². The van der Waals surface area contributed by atoms with Gasteiger partial charge in [0.25, 0.3) is 5.91 Å².